The number of benzene rings is 3. The molecule has 0 unspecified atom stereocenters. The number of carbonyl (C=O) groups is 3. The third-order valence-corrected chi connectivity index (χ3v) is 6.62. The van der Waals surface area contributed by atoms with Crippen molar-refractivity contribution in [1.29, 1.82) is 0 Å². The van der Waals surface area contributed by atoms with Crippen molar-refractivity contribution < 1.29 is 14.4 Å². The highest BCUT2D eigenvalue weighted by molar-refractivity contribution is 6.25. The van der Waals surface area contributed by atoms with Crippen LogP contribution in [0, 0.1) is 6.92 Å². The van der Waals surface area contributed by atoms with Crippen LogP contribution < -0.4 is 10.2 Å². The first-order chi connectivity index (χ1) is 16.8. The normalized spacial score (nSPS) is 13.4. The molecule has 1 atom stereocenters. The molecule has 1 heterocycles. The molecule has 182 valence electrons. The molecule has 3 aromatic carbocycles. The number of nitrogens with one attached hydrogen (secondary N) is 1. The maximum absolute atomic E-state index is 13.4. The molecule has 0 radical (unpaired) electrons. The molecule has 35 heavy (non-hydrogen) atoms. The van der Waals surface area contributed by atoms with Crippen LogP contribution in [0.4, 0.5) is 5.69 Å². The molecular weight excluding hydrogens is 438 g/mol. The molecule has 0 spiro atoms. The molecule has 3 aromatic rings. The second-order valence-electron chi connectivity index (χ2n) is 9.53. The Balaban J connectivity index is 1.47. The number of anilines is 1. The molecule has 6 nitrogen and oxygen atoms in total. The second-order valence-corrected chi connectivity index (χ2v) is 9.53. The van der Waals surface area contributed by atoms with Crippen LogP contribution in [0.15, 0.2) is 60.7 Å². The van der Waals surface area contributed by atoms with Gasteiger partial charge in [0.25, 0.3) is 5.91 Å². The lowest BCUT2D eigenvalue weighted by atomic mass is 10.1. The Kier molecular flexibility index (Phi) is 7.20. The summed E-state index contributed by atoms with van der Waals surface area (Å²) in [5, 5.41) is 4.94. The van der Waals surface area contributed by atoms with Crippen LogP contribution in [-0.2, 0) is 16.1 Å². The van der Waals surface area contributed by atoms with Gasteiger partial charge in [0.1, 0.15) is 6.04 Å². The summed E-state index contributed by atoms with van der Waals surface area (Å²) in [7, 11) is 0. The van der Waals surface area contributed by atoms with Gasteiger partial charge in [-0.3, -0.25) is 14.4 Å². The first kappa shape index (κ1) is 24.5. The van der Waals surface area contributed by atoms with Crippen molar-refractivity contribution >= 4 is 34.2 Å². The summed E-state index contributed by atoms with van der Waals surface area (Å²) in [6, 6.07) is 19.0. The van der Waals surface area contributed by atoms with Crippen LogP contribution in [0.3, 0.4) is 0 Å². The van der Waals surface area contributed by atoms with E-state index in [0.717, 1.165) is 27.6 Å². The molecule has 1 aliphatic heterocycles. The Bertz CT molecular complexity index is 1260. The van der Waals surface area contributed by atoms with Crippen molar-refractivity contribution in [2.75, 3.05) is 11.4 Å². The zero-order valence-electron chi connectivity index (χ0n) is 20.9. The van der Waals surface area contributed by atoms with Gasteiger partial charge in [-0.15, -0.1) is 0 Å². The Morgan fingerprint density at radius 2 is 1.69 bits per heavy atom. The number of aryl methyl sites for hydroxylation is 1. The molecule has 0 saturated heterocycles. The summed E-state index contributed by atoms with van der Waals surface area (Å²) < 4.78 is 0. The topological polar surface area (TPSA) is 69.7 Å². The van der Waals surface area contributed by atoms with E-state index < -0.39 is 6.04 Å². The molecule has 1 aliphatic rings. The number of amides is 3. The molecule has 0 fully saturated rings. The lowest BCUT2D eigenvalue weighted by molar-refractivity contribution is -0.140. The van der Waals surface area contributed by atoms with Crippen molar-refractivity contribution in [2.24, 2.45) is 0 Å². The van der Waals surface area contributed by atoms with Gasteiger partial charge in [-0.2, -0.15) is 0 Å². The van der Waals surface area contributed by atoms with Gasteiger partial charge in [-0.25, -0.2) is 0 Å². The van der Waals surface area contributed by atoms with Crippen LogP contribution >= 0.6 is 0 Å². The Hall–Kier alpha value is -3.67. The number of rotatable bonds is 9. The van der Waals surface area contributed by atoms with E-state index in [1.165, 1.54) is 0 Å². The van der Waals surface area contributed by atoms with Crippen LogP contribution in [0.25, 0.3) is 10.8 Å². The van der Waals surface area contributed by atoms with E-state index in [1.54, 1.807) is 16.7 Å². The highest BCUT2D eigenvalue weighted by atomic mass is 16.2. The third-order valence-electron chi connectivity index (χ3n) is 6.62. The minimum absolute atomic E-state index is 0.00844. The van der Waals surface area contributed by atoms with E-state index in [9.17, 15) is 14.4 Å². The molecule has 6 heteroatoms. The van der Waals surface area contributed by atoms with E-state index in [1.807, 2.05) is 81.4 Å². The third kappa shape index (κ3) is 5.06. The van der Waals surface area contributed by atoms with Crippen LogP contribution in [-0.4, -0.2) is 41.2 Å². The van der Waals surface area contributed by atoms with Gasteiger partial charge in [-0.1, -0.05) is 48.5 Å². The van der Waals surface area contributed by atoms with E-state index in [0.29, 0.717) is 25.1 Å². The van der Waals surface area contributed by atoms with Gasteiger partial charge >= 0.3 is 0 Å². The molecule has 4 rings (SSSR count). The van der Waals surface area contributed by atoms with Crippen LogP contribution in [0.5, 0.6) is 0 Å². The zero-order valence-corrected chi connectivity index (χ0v) is 20.9. The lowest BCUT2D eigenvalue weighted by Gasteiger charge is -2.30. The summed E-state index contributed by atoms with van der Waals surface area (Å²) in [4.78, 5) is 42.6. The Labute approximate surface area is 206 Å². The van der Waals surface area contributed by atoms with Crippen molar-refractivity contribution in [1.82, 2.24) is 10.2 Å². The van der Waals surface area contributed by atoms with Crippen molar-refractivity contribution in [2.45, 2.75) is 59.2 Å². The number of hydrogen-bond acceptors (Lipinski definition) is 3. The average molecular weight is 472 g/mol. The van der Waals surface area contributed by atoms with Crippen LogP contribution in [0.1, 0.15) is 55.1 Å². The maximum Gasteiger partial charge on any atom is 0.258 e. The molecule has 0 aromatic heterocycles. The number of carbonyl (C=O) groups excluding carboxylic acids is 3. The van der Waals surface area contributed by atoms with E-state index in [-0.39, 0.29) is 30.2 Å². The number of nitrogens with zero attached hydrogens (tertiary/aromatic N) is 2. The summed E-state index contributed by atoms with van der Waals surface area (Å²) in [6.45, 7) is 8.41. The van der Waals surface area contributed by atoms with Gasteiger partial charge < -0.3 is 15.1 Å². The Morgan fingerprint density at radius 1 is 0.971 bits per heavy atom. The van der Waals surface area contributed by atoms with E-state index in [4.69, 9.17) is 0 Å². The highest BCUT2D eigenvalue weighted by Crippen LogP contribution is 2.37. The minimum Gasteiger partial charge on any atom is -0.352 e. The summed E-state index contributed by atoms with van der Waals surface area (Å²) in [5.74, 6) is -0.286. The largest absolute Gasteiger partial charge is 0.352 e. The molecule has 0 aliphatic carbocycles. The number of hydrogen-bond donors (Lipinski definition) is 1. The fraction of sp³-hybridized carbons (Fsp3) is 0.345. The van der Waals surface area contributed by atoms with Crippen LogP contribution in [0.2, 0.25) is 0 Å². The predicted octanol–water partition coefficient (Wildman–Crippen LogP) is 4.83. The fourth-order valence-electron chi connectivity index (χ4n) is 4.69. The van der Waals surface area contributed by atoms with Crippen molar-refractivity contribution in [3.8, 4) is 0 Å². The standard InChI is InChI=1S/C29H33N3O3/c1-19(2)30-28(34)21(4)32(18-23-11-6-5-10-20(23)3)26(33)16-9-17-31-25-15-8-13-22-12-7-14-24(27(22)25)29(31)35/h5-8,10-15,19,21H,9,16-18H2,1-4H3,(H,30,34)/t21-/m0/s1. The Morgan fingerprint density at radius 3 is 2.40 bits per heavy atom. The SMILES string of the molecule is Cc1ccccc1CN(C(=O)CCCN1C(=O)c2cccc3cccc1c23)[C@@H](C)C(=O)NC(C)C. The summed E-state index contributed by atoms with van der Waals surface area (Å²) in [5.41, 5.74) is 3.71. The molecule has 0 saturated carbocycles. The zero-order chi connectivity index (χ0) is 25.1. The van der Waals surface area contributed by atoms with Crippen molar-refractivity contribution in [3.63, 3.8) is 0 Å². The smallest absolute Gasteiger partial charge is 0.258 e. The van der Waals surface area contributed by atoms with Gasteiger partial charge in [0, 0.05) is 36.5 Å². The van der Waals surface area contributed by atoms with E-state index in [2.05, 4.69) is 5.32 Å². The first-order valence-corrected chi connectivity index (χ1v) is 12.3. The van der Waals surface area contributed by atoms with E-state index >= 15 is 0 Å². The van der Waals surface area contributed by atoms with Gasteiger partial charge in [0.15, 0.2) is 0 Å². The van der Waals surface area contributed by atoms with Gasteiger partial charge in [-0.05, 0) is 62.8 Å². The second kappa shape index (κ2) is 10.3. The fourth-order valence-corrected chi connectivity index (χ4v) is 4.69. The van der Waals surface area contributed by atoms with Gasteiger partial charge in [0.05, 0.1) is 5.69 Å². The maximum atomic E-state index is 13.4. The minimum atomic E-state index is -0.601. The molecule has 3 amide bonds. The first-order valence-electron chi connectivity index (χ1n) is 12.3. The van der Waals surface area contributed by atoms with Gasteiger partial charge in [0.2, 0.25) is 11.8 Å². The van der Waals surface area contributed by atoms with Crippen molar-refractivity contribution in [3.05, 3.63) is 77.4 Å². The monoisotopic (exact) mass is 471 g/mol. The summed E-state index contributed by atoms with van der Waals surface area (Å²) in [6.07, 6.45) is 0.763. The quantitative estimate of drug-likeness (QED) is 0.486. The predicted molar refractivity (Wildman–Crippen MR) is 139 cm³/mol. The molecule has 1 N–H and O–H groups in total. The lowest BCUT2D eigenvalue weighted by Crippen LogP contribution is -2.49. The summed E-state index contributed by atoms with van der Waals surface area (Å²) >= 11 is 0. The molecule has 0 bridgehead atoms. The average Bonchev–Trinajstić information content (AvgIpc) is 3.10. The molecular formula is C29H33N3O3. The highest BCUT2D eigenvalue weighted by Gasteiger charge is 2.30.